The Kier molecular flexibility index (Phi) is 39.0. The standard InChI is InChI=1S/C41H79N5O9S/c1-35(42-3)19-16-17-23-43-39(48)33-54-30-29-53-27-25-45-40(49)34-55-31-28-52-26-24-44-38(47)22-21-37(41(50)51)46-36(2)20-15-13-11-9-7-5-4-6-8-10-12-14-18-32-56/h35,37,42,46,56H,2,4-34H2,1,3H3,(H,43,48)(H,44,47)(H,45,49)(H,50,51)/t35?,37-/m0/s1. The van der Waals surface area contributed by atoms with E-state index >= 15 is 0 Å². The second kappa shape index (κ2) is 40.8. The lowest BCUT2D eigenvalue weighted by Crippen LogP contribution is -2.37. The number of nitrogens with one attached hydrogen (secondary N) is 5. The van der Waals surface area contributed by atoms with Gasteiger partial charge >= 0.3 is 5.97 Å². The number of rotatable bonds is 43. The number of carbonyl (C=O) groups excluding carboxylic acids is 3. The topological polar surface area (TPSA) is 186 Å². The molecule has 2 atom stereocenters. The normalized spacial score (nSPS) is 12.2. The number of unbranched alkanes of at least 4 members (excludes halogenated alkanes) is 13. The van der Waals surface area contributed by atoms with Gasteiger partial charge in [-0.3, -0.25) is 14.4 Å². The lowest BCUT2D eigenvalue weighted by atomic mass is 10.0. The van der Waals surface area contributed by atoms with E-state index in [1.807, 2.05) is 7.05 Å². The predicted molar refractivity (Wildman–Crippen MR) is 226 cm³/mol. The van der Waals surface area contributed by atoms with Gasteiger partial charge in [-0.1, -0.05) is 83.6 Å². The number of thiol groups is 1. The summed E-state index contributed by atoms with van der Waals surface area (Å²) in [6, 6.07) is -0.386. The molecular weight excluding hydrogens is 739 g/mol. The van der Waals surface area contributed by atoms with Gasteiger partial charge in [0.1, 0.15) is 19.3 Å². The molecule has 328 valence electrons. The van der Waals surface area contributed by atoms with E-state index in [1.165, 1.54) is 70.6 Å². The molecule has 0 aliphatic rings. The van der Waals surface area contributed by atoms with Crippen LogP contribution in [0, 0.1) is 0 Å². The van der Waals surface area contributed by atoms with Gasteiger partial charge in [0.15, 0.2) is 0 Å². The van der Waals surface area contributed by atoms with E-state index in [0.29, 0.717) is 38.0 Å². The zero-order valence-electron chi connectivity index (χ0n) is 34.9. The Morgan fingerprint density at radius 2 is 1.04 bits per heavy atom. The number of amides is 3. The van der Waals surface area contributed by atoms with E-state index in [2.05, 4.69) is 52.7 Å². The van der Waals surface area contributed by atoms with Crippen molar-refractivity contribution < 1.29 is 43.2 Å². The first-order chi connectivity index (χ1) is 27.2. The van der Waals surface area contributed by atoms with Crippen molar-refractivity contribution in [1.82, 2.24) is 26.6 Å². The molecule has 0 saturated heterocycles. The van der Waals surface area contributed by atoms with E-state index in [0.717, 1.165) is 44.3 Å². The Bertz CT molecular complexity index is 995. The third kappa shape index (κ3) is 38.4. The summed E-state index contributed by atoms with van der Waals surface area (Å²) in [5, 5.41) is 24.1. The highest BCUT2D eigenvalue weighted by Crippen LogP contribution is 2.14. The number of carboxylic acids is 1. The highest BCUT2D eigenvalue weighted by atomic mass is 32.1. The minimum atomic E-state index is -1.00. The molecule has 3 amide bonds. The van der Waals surface area contributed by atoms with E-state index in [1.54, 1.807) is 0 Å². The van der Waals surface area contributed by atoms with Gasteiger partial charge in [-0.05, 0) is 58.2 Å². The van der Waals surface area contributed by atoms with Gasteiger partial charge in [-0.25, -0.2) is 4.79 Å². The maximum atomic E-state index is 12.2. The van der Waals surface area contributed by atoms with Crippen LogP contribution in [0.15, 0.2) is 12.3 Å². The van der Waals surface area contributed by atoms with Gasteiger partial charge in [0.2, 0.25) is 17.7 Å². The van der Waals surface area contributed by atoms with Crippen molar-refractivity contribution in [2.24, 2.45) is 0 Å². The number of aliphatic carboxylic acids is 1. The van der Waals surface area contributed by atoms with Crippen LogP contribution in [0.1, 0.15) is 129 Å². The molecule has 0 radical (unpaired) electrons. The van der Waals surface area contributed by atoms with E-state index in [9.17, 15) is 24.3 Å². The minimum absolute atomic E-state index is 0.00842. The Morgan fingerprint density at radius 3 is 1.54 bits per heavy atom. The zero-order chi connectivity index (χ0) is 41.3. The summed E-state index contributed by atoms with van der Waals surface area (Å²) in [5.74, 6) is -0.673. The molecule has 1 unspecified atom stereocenters. The summed E-state index contributed by atoms with van der Waals surface area (Å²) in [7, 11) is 1.94. The maximum Gasteiger partial charge on any atom is 0.326 e. The second-order valence-corrected chi connectivity index (χ2v) is 14.8. The first kappa shape index (κ1) is 53.6. The van der Waals surface area contributed by atoms with Gasteiger partial charge in [0.25, 0.3) is 0 Å². The lowest BCUT2D eigenvalue weighted by Gasteiger charge is -2.17. The van der Waals surface area contributed by atoms with Crippen LogP contribution in [0.25, 0.3) is 0 Å². The van der Waals surface area contributed by atoms with E-state index in [4.69, 9.17) is 18.9 Å². The maximum absolute atomic E-state index is 12.2. The summed E-state index contributed by atoms with van der Waals surface area (Å²) < 4.78 is 21.5. The Hall–Kier alpha value is -2.43. The summed E-state index contributed by atoms with van der Waals surface area (Å²) >= 11 is 4.26. The molecule has 0 aliphatic carbocycles. The van der Waals surface area contributed by atoms with Crippen LogP contribution in [-0.2, 0) is 38.1 Å². The van der Waals surface area contributed by atoms with Gasteiger partial charge in [-0.2, -0.15) is 12.6 Å². The molecule has 15 heteroatoms. The Labute approximate surface area is 343 Å². The smallest absolute Gasteiger partial charge is 0.326 e. The quantitative estimate of drug-likeness (QED) is 0.0328. The molecule has 0 aliphatic heterocycles. The lowest BCUT2D eigenvalue weighted by molar-refractivity contribution is -0.139. The molecule has 0 heterocycles. The van der Waals surface area contributed by atoms with Crippen LogP contribution in [0.3, 0.4) is 0 Å². The van der Waals surface area contributed by atoms with Crippen molar-refractivity contribution in [1.29, 1.82) is 0 Å². The fourth-order valence-corrected chi connectivity index (χ4v) is 5.90. The van der Waals surface area contributed by atoms with Crippen molar-refractivity contribution in [3.63, 3.8) is 0 Å². The Balaban J connectivity index is 3.64. The highest BCUT2D eigenvalue weighted by molar-refractivity contribution is 7.80. The van der Waals surface area contributed by atoms with Crippen molar-refractivity contribution in [3.8, 4) is 0 Å². The van der Waals surface area contributed by atoms with Crippen molar-refractivity contribution >= 4 is 36.3 Å². The van der Waals surface area contributed by atoms with Crippen LogP contribution in [0.2, 0.25) is 0 Å². The average molecular weight is 818 g/mol. The number of allylic oxidation sites excluding steroid dienone is 1. The third-order valence-corrected chi connectivity index (χ3v) is 9.52. The number of ether oxygens (including phenoxy) is 4. The number of hydrogen-bond donors (Lipinski definition) is 7. The van der Waals surface area contributed by atoms with Crippen LogP contribution in [-0.4, -0.2) is 126 Å². The fraction of sp³-hybridized carbons (Fsp3) is 0.854. The molecule has 56 heavy (non-hydrogen) atoms. The van der Waals surface area contributed by atoms with Crippen molar-refractivity contribution in [3.05, 3.63) is 12.3 Å². The van der Waals surface area contributed by atoms with Crippen LogP contribution >= 0.6 is 12.6 Å². The molecule has 0 spiro atoms. The van der Waals surface area contributed by atoms with Crippen LogP contribution < -0.4 is 26.6 Å². The SMILES string of the molecule is C=C(CCCCCCCCCCCCCCCS)N[C@@H](CCC(=O)NCCOCCOCC(=O)NCCOCCOCC(=O)NCCCCC(C)NC)C(=O)O. The first-order valence-electron chi connectivity index (χ1n) is 21.3. The molecule has 0 saturated carbocycles. The summed E-state index contributed by atoms with van der Waals surface area (Å²) in [6.07, 6.45) is 20.3. The second-order valence-electron chi connectivity index (χ2n) is 14.3. The molecule has 14 nitrogen and oxygen atoms in total. The number of hydrogen-bond acceptors (Lipinski definition) is 11. The number of carboxylic acid groups (broad SMARTS) is 1. The van der Waals surface area contributed by atoms with Crippen LogP contribution in [0.5, 0.6) is 0 Å². The van der Waals surface area contributed by atoms with Crippen LogP contribution in [0.4, 0.5) is 0 Å². The third-order valence-electron chi connectivity index (χ3n) is 9.20. The van der Waals surface area contributed by atoms with E-state index < -0.39 is 12.0 Å². The average Bonchev–Trinajstić information content (AvgIpc) is 3.18. The predicted octanol–water partition coefficient (Wildman–Crippen LogP) is 4.91. The summed E-state index contributed by atoms with van der Waals surface area (Å²) in [4.78, 5) is 47.6. The summed E-state index contributed by atoms with van der Waals surface area (Å²) in [6.45, 7) is 8.89. The molecule has 0 aromatic rings. The van der Waals surface area contributed by atoms with Crippen molar-refractivity contribution in [2.75, 3.05) is 85.3 Å². The van der Waals surface area contributed by atoms with Gasteiger partial charge < -0.3 is 50.6 Å². The minimum Gasteiger partial charge on any atom is -0.480 e. The monoisotopic (exact) mass is 818 g/mol. The summed E-state index contributed by atoms with van der Waals surface area (Å²) in [5.41, 5.74) is 0.697. The van der Waals surface area contributed by atoms with Gasteiger partial charge in [0, 0.05) is 37.8 Å². The molecule has 6 N–H and O–H groups in total. The molecular formula is C41H79N5O9S. The van der Waals surface area contributed by atoms with Gasteiger partial charge in [0.05, 0.1) is 39.6 Å². The molecule has 0 rings (SSSR count). The number of carbonyl (C=O) groups is 4. The molecule has 0 aromatic heterocycles. The highest BCUT2D eigenvalue weighted by Gasteiger charge is 2.19. The molecule has 0 aromatic carbocycles. The van der Waals surface area contributed by atoms with E-state index in [-0.39, 0.29) is 76.7 Å². The Morgan fingerprint density at radius 1 is 0.571 bits per heavy atom. The first-order valence-corrected chi connectivity index (χ1v) is 21.9. The fourth-order valence-electron chi connectivity index (χ4n) is 5.68. The zero-order valence-corrected chi connectivity index (χ0v) is 35.8. The van der Waals surface area contributed by atoms with Gasteiger partial charge in [-0.15, -0.1) is 0 Å². The molecule has 0 bridgehead atoms. The largest absolute Gasteiger partial charge is 0.480 e. The molecule has 0 fully saturated rings. The van der Waals surface area contributed by atoms with Crippen molar-refractivity contribution in [2.45, 2.75) is 141 Å².